The molecule has 0 amide bonds. The average Bonchev–Trinajstić information content (AvgIpc) is 2.55. The Morgan fingerprint density at radius 3 is 2.33 bits per heavy atom. The maximum Gasteiger partial charge on any atom is 0.119 e. The molecule has 0 spiro atoms. The lowest BCUT2D eigenvalue weighted by Gasteiger charge is -2.01. The van der Waals surface area contributed by atoms with Crippen molar-refractivity contribution in [3.05, 3.63) is 60.2 Å². The van der Waals surface area contributed by atoms with Crippen molar-refractivity contribution < 1.29 is 9.63 Å². The van der Waals surface area contributed by atoms with E-state index in [1.165, 1.54) is 11.1 Å². The van der Waals surface area contributed by atoms with Crippen LogP contribution in [0.4, 0.5) is 0 Å². The average molecular weight is 281 g/mol. The Morgan fingerprint density at radius 1 is 0.905 bits per heavy atom. The predicted molar refractivity (Wildman–Crippen MR) is 85.3 cm³/mol. The molecule has 0 radical (unpaired) electrons. The van der Waals surface area contributed by atoms with E-state index < -0.39 is 0 Å². The fourth-order valence-electron chi connectivity index (χ4n) is 1.94. The van der Waals surface area contributed by atoms with Crippen LogP contribution in [0.15, 0.2) is 59.8 Å². The summed E-state index contributed by atoms with van der Waals surface area (Å²) >= 11 is 0. The van der Waals surface area contributed by atoms with E-state index in [1.807, 2.05) is 30.3 Å². The van der Waals surface area contributed by atoms with Gasteiger partial charge in [-0.1, -0.05) is 59.8 Å². The van der Waals surface area contributed by atoms with Gasteiger partial charge in [-0.2, -0.15) is 0 Å². The first-order valence-electron chi connectivity index (χ1n) is 7.14. The lowest BCUT2D eigenvalue weighted by Crippen LogP contribution is -1.90. The minimum atomic E-state index is 0.548. The van der Waals surface area contributed by atoms with Gasteiger partial charge in [0.2, 0.25) is 0 Å². The van der Waals surface area contributed by atoms with Gasteiger partial charge in [0.15, 0.2) is 0 Å². The summed E-state index contributed by atoms with van der Waals surface area (Å²) in [6, 6.07) is 18.4. The van der Waals surface area contributed by atoms with Crippen LogP contribution in [-0.2, 0) is 9.63 Å². The molecule has 0 aliphatic heterocycles. The zero-order valence-corrected chi connectivity index (χ0v) is 11.9. The lowest BCUT2D eigenvalue weighted by molar-refractivity contribution is -0.108. The van der Waals surface area contributed by atoms with Crippen LogP contribution < -0.4 is 0 Å². The predicted octanol–water partition coefficient (Wildman–Crippen LogP) is 4.07. The standard InChI is InChI=1S/C18H19NO2/c20-13-5-2-6-14-21-19-15-16-9-11-18(12-10-16)17-7-3-1-4-8-17/h1,3-4,7-13,15H,2,5-6,14H2. The van der Waals surface area contributed by atoms with E-state index in [9.17, 15) is 4.79 Å². The van der Waals surface area contributed by atoms with Crippen molar-refractivity contribution >= 4 is 12.5 Å². The van der Waals surface area contributed by atoms with Crippen LogP contribution in [0.1, 0.15) is 24.8 Å². The van der Waals surface area contributed by atoms with Crippen molar-refractivity contribution in [1.82, 2.24) is 0 Å². The van der Waals surface area contributed by atoms with E-state index in [-0.39, 0.29) is 0 Å². The fourth-order valence-corrected chi connectivity index (χ4v) is 1.94. The van der Waals surface area contributed by atoms with Crippen LogP contribution in [0.3, 0.4) is 0 Å². The molecule has 0 fully saturated rings. The Morgan fingerprint density at radius 2 is 1.62 bits per heavy atom. The van der Waals surface area contributed by atoms with E-state index in [2.05, 4.69) is 29.4 Å². The van der Waals surface area contributed by atoms with Gasteiger partial charge in [0.25, 0.3) is 0 Å². The monoisotopic (exact) mass is 281 g/mol. The highest BCUT2D eigenvalue weighted by molar-refractivity contribution is 5.80. The summed E-state index contributed by atoms with van der Waals surface area (Å²) in [6.45, 7) is 0.548. The Balaban J connectivity index is 1.81. The molecular formula is C18H19NO2. The molecule has 0 saturated carbocycles. The number of oxime groups is 1. The van der Waals surface area contributed by atoms with Crippen molar-refractivity contribution in [3.8, 4) is 11.1 Å². The third-order valence-corrected chi connectivity index (χ3v) is 3.10. The first-order chi connectivity index (χ1) is 10.4. The summed E-state index contributed by atoms with van der Waals surface area (Å²) in [5.74, 6) is 0. The maximum absolute atomic E-state index is 10.1. The van der Waals surface area contributed by atoms with E-state index >= 15 is 0 Å². The van der Waals surface area contributed by atoms with Gasteiger partial charge in [-0.25, -0.2) is 0 Å². The summed E-state index contributed by atoms with van der Waals surface area (Å²) in [5, 5.41) is 3.93. The van der Waals surface area contributed by atoms with Crippen LogP contribution in [0.25, 0.3) is 11.1 Å². The second-order valence-corrected chi connectivity index (χ2v) is 4.72. The van der Waals surface area contributed by atoms with Crippen LogP contribution >= 0.6 is 0 Å². The number of aldehydes is 1. The van der Waals surface area contributed by atoms with Crippen molar-refractivity contribution in [2.75, 3.05) is 6.61 Å². The molecule has 0 unspecified atom stereocenters. The molecule has 3 heteroatoms. The molecule has 2 aromatic rings. The summed E-state index contributed by atoms with van der Waals surface area (Å²) in [7, 11) is 0. The van der Waals surface area contributed by atoms with Crippen molar-refractivity contribution in [2.45, 2.75) is 19.3 Å². The SMILES string of the molecule is O=CCCCCON=Cc1ccc(-c2ccccc2)cc1. The summed E-state index contributed by atoms with van der Waals surface area (Å²) < 4.78 is 0. The van der Waals surface area contributed by atoms with E-state index in [0.29, 0.717) is 13.0 Å². The van der Waals surface area contributed by atoms with Gasteiger partial charge in [-0.3, -0.25) is 0 Å². The number of nitrogens with zero attached hydrogens (tertiary/aromatic N) is 1. The quantitative estimate of drug-likeness (QED) is 0.316. The van der Waals surface area contributed by atoms with Crippen molar-refractivity contribution in [2.24, 2.45) is 5.16 Å². The molecule has 2 aromatic carbocycles. The molecule has 0 saturated heterocycles. The first kappa shape index (κ1) is 15.0. The topological polar surface area (TPSA) is 38.7 Å². The van der Waals surface area contributed by atoms with Crippen molar-refractivity contribution in [1.29, 1.82) is 0 Å². The summed E-state index contributed by atoms with van der Waals surface area (Å²) in [4.78, 5) is 15.3. The first-order valence-corrected chi connectivity index (χ1v) is 7.14. The minimum Gasteiger partial charge on any atom is -0.396 e. The molecule has 0 aliphatic rings. The molecule has 108 valence electrons. The van der Waals surface area contributed by atoms with Gasteiger partial charge in [0.1, 0.15) is 12.9 Å². The van der Waals surface area contributed by atoms with E-state index in [4.69, 9.17) is 4.84 Å². The molecule has 2 rings (SSSR count). The second-order valence-electron chi connectivity index (χ2n) is 4.72. The number of hydrogen-bond donors (Lipinski definition) is 0. The zero-order valence-electron chi connectivity index (χ0n) is 11.9. The number of hydrogen-bond acceptors (Lipinski definition) is 3. The summed E-state index contributed by atoms with van der Waals surface area (Å²) in [6.07, 6.45) is 4.92. The Hall–Kier alpha value is -2.42. The zero-order chi connectivity index (χ0) is 14.8. The lowest BCUT2D eigenvalue weighted by atomic mass is 10.0. The Kier molecular flexibility index (Phi) is 6.20. The molecule has 0 N–H and O–H groups in total. The Bertz CT molecular complexity index is 562. The molecular weight excluding hydrogens is 262 g/mol. The minimum absolute atomic E-state index is 0.548. The van der Waals surface area contributed by atoms with Gasteiger partial charge in [0.05, 0.1) is 6.21 Å². The summed E-state index contributed by atoms with van der Waals surface area (Å²) in [5.41, 5.74) is 3.39. The van der Waals surface area contributed by atoms with Crippen LogP contribution in [0, 0.1) is 0 Å². The molecule has 0 atom stereocenters. The van der Waals surface area contributed by atoms with Gasteiger partial charge < -0.3 is 9.63 Å². The van der Waals surface area contributed by atoms with Gasteiger partial charge in [-0.05, 0) is 29.5 Å². The third-order valence-electron chi connectivity index (χ3n) is 3.10. The third kappa shape index (κ3) is 5.22. The molecule has 3 nitrogen and oxygen atoms in total. The largest absolute Gasteiger partial charge is 0.396 e. The Labute approximate surface area is 125 Å². The fraction of sp³-hybridized carbons (Fsp3) is 0.222. The number of carbonyl (C=O) groups is 1. The van der Waals surface area contributed by atoms with E-state index in [1.54, 1.807) is 6.21 Å². The highest BCUT2D eigenvalue weighted by atomic mass is 16.6. The molecule has 0 aromatic heterocycles. The number of benzene rings is 2. The normalized spacial score (nSPS) is 10.7. The highest BCUT2D eigenvalue weighted by Crippen LogP contribution is 2.18. The van der Waals surface area contributed by atoms with E-state index in [0.717, 1.165) is 24.7 Å². The van der Waals surface area contributed by atoms with Crippen LogP contribution in [-0.4, -0.2) is 19.1 Å². The van der Waals surface area contributed by atoms with Crippen LogP contribution in [0.2, 0.25) is 0 Å². The highest BCUT2D eigenvalue weighted by Gasteiger charge is 1.96. The maximum atomic E-state index is 10.1. The van der Waals surface area contributed by atoms with Crippen LogP contribution in [0.5, 0.6) is 0 Å². The second kappa shape index (κ2) is 8.69. The number of rotatable bonds is 8. The number of unbranched alkanes of at least 4 members (excludes halogenated alkanes) is 2. The molecule has 0 aliphatic carbocycles. The number of carbonyl (C=O) groups excluding carboxylic acids is 1. The molecule has 21 heavy (non-hydrogen) atoms. The van der Waals surface area contributed by atoms with Gasteiger partial charge in [0, 0.05) is 6.42 Å². The van der Waals surface area contributed by atoms with Gasteiger partial charge >= 0.3 is 0 Å². The molecule has 0 heterocycles. The smallest absolute Gasteiger partial charge is 0.119 e. The van der Waals surface area contributed by atoms with Gasteiger partial charge in [-0.15, -0.1) is 0 Å². The van der Waals surface area contributed by atoms with Crippen molar-refractivity contribution in [3.63, 3.8) is 0 Å². The molecule has 0 bridgehead atoms.